The third kappa shape index (κ3) is 3.02. The highest BCUT2D eigenvalue weighted by Crippen LogP contribution is 2.41. The minimum absolute atomic E-state index is 0.00311. The number of carbonyl (C=O) groups is 1. The Morgan fingerprint density at radius 1 is 1.38 bits per heavy atom. The summed E-state index contributed by atoms with van der Waals surface area (Å²) in [6, 6.07) is 3.54. The highest BCUT2D eigenvalue weighted by Gasteiger charge is 2.40. The van der Waals surface area contributed by atoms with Crippen molar-refractivity contribution in [3.05, 3.63) is 29.6 Å². The number of carboxylic acids is 1. The van der Waals surface area contributed by atoms with Crippen molar-refractivity contribution in [2.45, 2.75) is 50.2 Å². The normalized spacial score (nSPS) is 24.1. The molecule has 5 heteroatoms. The molecular formula is C16H19FO4. The average molecular weight is 294 g/mol. The highest BCUT2D eigenvalue weighted by atomic mass is 19.1. The predicted octanol–water partition coefficient (Wildman–Crippen LogP) is 3.39. The number of ether oxygens (including phenoxy) is 2. The van der Waals surface area contributed by atoms with Crippen molar-refractivity contribution < 1.29 is 23.8 Å². The zero-order valence-electron chi connectivity index (χ0n) is 11.8. The van der Waals surface area contributed by atoms with Gasteiger partial charge in [-0.1, -0.05) is 12.8 Å². The third-order valence-electron chi connectivity index (χ3n) is 4.43. The second kappa shape index (κ2) is 5.64. The first-order chi connectivity index (χ1) is 10.1. The Balaban J connectivity index is 1.77. The Morgan fingerprint density at radius 3 is 2.86 bits per heavy atom. The smallest absolute Gasteiger partial charge is 0.339 e. The summed E-state index contributed by atoms with van der Waals surface area (Å²) >= 11 is 0. The zero-order valence-corrected chi connectivity index (χ0v) is 11.8. The van der Waals surface area contributed by atoms with Crippen LogP contribution in [0.5, 0.6) is 5.75 Å². The molecule has 1 heterocycles. The molecule has 4 nitrogen and oxygen atoms in total. The van der Waals surface area contributed by atoms with E-state index in [2.05, 4.69) is 0 Å². The van der Waals surface area contributed by atoms with E-state index in [9.17, 15) is 9.18 Å². The molecule has 1 N–H and O–H groups in total. The zero-order chi connectivity index (χ0) is 14.9. The van der Waals surface area contributed by atoms with Crippen LogP contribution in [0.3, 0.4) is 0 Å². The van der Waals surface area contributed by atoms with Gasteiger partial charge in [0.1, 0.15) is 23.2 Å². The standard InChI is InChI=1S/C16H19FO4/c17-11-3-4-13(15(18)19)14(9-11)21-12-5-8-20-16(10-12)6-1-2-7-16/h3-4,9,12H,1-2,5-8,10H2,(H,18,19). The molecule has 1 atom stereocenters. The first-order valence-electron chi connectivity index (χ1n) is 7.41. The molecule has 1 aliphatic carbocycles. The molecular weight excluding hydrogens is 275 g/mol. The topological polar surface area (TPSA) is 55.8 Å². The van der Waals surface area contributed by atoms with Crippen LogP contribution in [0.25, 0.3) is 0 Å². The Morgan fingerprint density at radius 2 is 2.14 bits per heavy atom. The van der Waals surface area contributed by atoms with E-state index in [1.165, 1.54) is 6.07 Å². The van der Waals surface area contributed by atoms with Gasteiger partial charge in [-0.25, -0.2) is 9.18 Å². The summed E-state index contributed by atoms with van der Waals surface area (Å²) in [7, 11) is 0. The van der Waals surface area contributed by atoms with Gasteiger partial charge < -0.3 is 14.6 Å². The molecule has 0 amide bonds. The van der Waals surface area contributed by atoms with E-state index in [0.29, 0.717) is 13.0 Å². The number of carboxylic acid groups (broad SMARTS) is 1. The van der Waals surface area contributed by atoms with E-state index < -0.39 is 11.8 Å². The van der Waals surface area contributed by atoms with Gasteiger partial charge >= 0.3 is 5.97 Å². The number of aromatic carboxylic acids is 1. The van der Waals surface area contributed by atoms with Gasteiger partial charge in [0.15, 0.2) is 0 Å². The molecule has 1 aromatic carbocycles. The summed E-state index contributed by atoms with van der Waals surface area (Å²) in [6.45, 7) is 0.613. The summed E-state index contributed by atoms with van der Waals surface area (Å²) < 4.78 is 25.1. The van der Waals surface area contributed by atoms with Gasteiger partial charge in [0.2, 0.25) is 0 Å². The van der Waals surface area contributed by atoms with Crippen LogP contribution in [0.15, 0.2) is 18.2 Å². The minimum atomic E-state index is -1.10. The van der Waals surface area contributed by atoms with Crippen LogP contribution in [0.1, 0.15) is 48.9 Å². The van der Waals surface area contributed by atoms with Gasteiger partial charge in [0.05, 0.1) is 12.2 Å². The molecule has 1 saturated carbocycles. The first kappa shape index (κ1) is 14.3. The molecule has 0 aromatic heterocycles. The van der Waals surface area contributed by atoms with Gasteiger partial charge in [-0.15, -0.1) is 0 Å². The van der Waals surface area contributed by atoms with E-state index in [1.54, 1.807) is 0 Å². The summed E-state index contributed by atoms with van der Waals surface area (Å²) in [4.78, 5) is 11.2. The Kier molecular flexibility index (Phi) is 3.85. The lowest BCUT2D eigenvalue weighted by molar-refractivity contribution is -0.108. The monoisotopic (exact) mass is 294 g/mol. The van der Waals surface area contributed by atoms with E-state index in [1.807, 2.05) is 0 Å². The van der Waals surface area contributed by atoms with Crippen molar-refractivity contribution in [1.29, 1.82) is 0 Å². The van der Waals surface area contributed by atoms with Crippen LogP contribution in [-0.2, 0) is 4.74 Å². The van der Waals surface area contributed by atoms with Crippen molar-refractivity contribution in [2.24, 2.45) is 0 Å². The predicted molar refractivity (Wildman–Crippen MR) is 74.2 cm³/mol. The summed E-state index contributed by atoms with van der Waals surface area (Å²) in [6.07, 6.45) is 5.72. The number of rotatable bonds is 3. The van der Waals surface area contributed by atoms with E-state index in [-0.39, 0.29) is 23.0 Å². The SMILES string of the molecule is O=C(O)c1ccc(F)cc1OC1CCOC2(CCCC2)C1. The fraction of sp³-hybridized carbons (Fsp3) is 0.562. The lowest BCUT2D eigenvalue weighted by atomic mass is 9.90. The molecule has 1 spiro atoms. The van der Waals surface area contributed by atoms with Crippen LogP contribution in [0.4, 0.5) is 4.39 Å². The quantitative estimate of drug-likeness (QED) is 0.928. The van der Waals surface area contributed by atoms with E-state index in [4.69, 9.17) is 14.6 Å². The van der Waals surface area contributed by atoms with Gasteiger partial charge in [-0.05, 0) is 25.0 Å². The molecule has 0 radical (unpaired) electrons. The van der Waals surface area contributed by atoms with Gasteiger partial charge in [0, 0.05) is 18.9 Å². The van der Waals surface area contributed by atoms with E-state index in [0.717, 1.165) is 44.2 Å². The highest BCUT2D eigenvalue weighted by molar-refractivity contribution is 5.90. The van der Waals surface area contributed by atoms with Crippen molar-refractivity contribution in [1.82, 2.24) is 0 Å². The lowest BCUT2D eigenvalue weighted by Crippen LogP contribution is -2.41. The first-order valence-corrected chi connectivity index (χ1v) is 7.41. The molecule has 1 aliphatic heterocycles. The van der Waals surface area contributed by atoms with Crippen molar-refractivity contribution in [3.63, 3.8) is 0 Å². The molecule has 0 bridgehead atoms. The number of halogens is 1. The van der Waals surface area contributed by atoms with Crippen molar-refractivity contribution in [3.8, 4) is 5.75 Å². The average Bonchev–Trinajstić information content (AvgIpc) is 2.86. The molecule has 1 unspecified atom stereocenters. The van der Waals surface area contributed by atoms with Gasteiger partial charge in [-0.3, -0.25) is 0 Å². The minimum Gasteiger partial charge on any atom is -0.489 e. The van der Waals surface area contributed by atoms with E-state index >= 15 is 0 Å². The van der Waals surface area contributed by atoms with Crippen LogP contribution in [0, 0.1) is 5.82 Å². The number of hydrogen-bond acceptors (Lipinski definition) is 3. The summed E-state index contributed by atoms with van der Waals surface area (Å²) in [5, 5.41) is 9.16. The largest absolute Gasteiger partial charge is 0.489 e. The Labute approximate surface area is 122 Å². The lowest BCUT2D eigenvalue weighted by Gasteiger charge is -2.38. The fourth-order valence-electron chi connectivity index (χ4n) is 3.40. The molecule has 1 aromatic rings. The second-order valence-electron chi connectivity index (χ2n) is 5.92. The van der Waals surface area contributed by atoms with Gasteiger partial charge in [0.25, 0.3) is 0 Å². The number of hydrogen-bond donors (Lipinski definition) is 1. The Hall–Kier alpha value is -1.62. The summed E-state index contributed by atoms with van der Waals surface area (Å²) in [5.41, 5.74) is -0.108. The van der Waals surface area contributed by atoms with Gasteiger partial charge in [-0.2, -0.15) is 0 Å². The maximum atomic E-state index is 13.4. The molecule has 2 fully saturated rings. The van der Waals surface area contributed by atoms with Crippen molar-refractivity contribution in [2.75, 3.05) is 6.61 Å². The van der Waals surface area contributed by atoms with Crippen LogP contribution in [0.2, 0.25) is 0 Å². The van der Waals surface area contributed by atoms with Crippen LogP contribution >= 0.6 is 0 Å². The van der Waals surface area contributed by atoms with Crippen LogP contribution < -0.4 is 4.74 Å². The fourth-order valence-corrected chi connectivity index (χ4v) is 3.40. The molecule has 114 valence electrons. The number of benzene rings is 1. The third-order valence-corrected chi connectivity index (χ3v) is 4.43. The van der Waals surface area contributed by atoms with Crippen LogP contribution in [-0.4, -0.2) is 29.4 Å². The Bertz CT molecular complexity index is 537. The molecule has 21 heavy (non-hydrogen) atoms. The maximum absolute atomic E-state index is 13.4. The summed E-state index contributed by atoms with van der Waals surface area (Å²) in [5.74, 6) is -1.48. The second-order valence-corrected chi connectivity index (χ2v) is 5.92. The molecule has 3 rings (SSSR count). The van der Waals surface area contributed by atoms with Crippen molar-refractivity contribution >= 4 is 5.97 Å². The maximum Gasteiger partial charge on any atom is 0.339 e. The molecule has 2 aliphatic rings. The molecule has 1 saturated heterocycles.